The maximum atomic E-state index is 14.3. The van der Waals surface area contributed by atoms with Gasteiger partial charge in [-0.3, -0.25) is 9.36 Å². The molecule has 0 amide bonds. The van der Waals surface area contributed by atoms with Gasteiger partial charge in [0.2, 0.25) is 0 Å². The van der Waals surface area contributed by atoms with Crippen molar-refractivity contribution in [3.05, 3.63) is 87.1 Å². The molecule has 0 N–H and O–H groups in total. The summed E-state index contributed by atoms with van der Waals surface area (Å²) in [5.41, 5.74) is -2.29. The van der Waals surface area contributed by atoms with Crippen LogP contribution < -0.4 is 24.4 Å². The van der Waals surface area contributed by atoms with Crippen molar-refractivity contribution in [2.75, 3.05) is 20.3 Å². The average Bonchev–Trinajstić information content (AvgIpc) is 3.21. The Bertz CT molecular complexity index is 1720. The molecule has 1 aliphatic rings. The number of esters is 1. The molecule has 0 spiro atoms. The highest BCUT2D eigenvalue weighted by Crippen LogP contribution is 2.39. The van der Waals surface area contributed by atoms with Crippen LogP contribution in [0.15, 0.2) is 57.5 Å². The van der Waals surface area contributed by atoms with Gasteiger partial charge in [-0.2, -0.15) is 13.2 Å². The molecule has 1 aliphatic heterocycles. The van der Waals surface area contributed by atoms with Crippen molar-refractivity contribution in [2.45, 2.75) is 19.1 Å². The number of alkyl halides is 3. The van der Waals surface area contributed by atoms with Gasteiger partial charge in [-0.25, -0.2) is 9.79 Å². The summed E-state index contributed by atoms with van der Waals surface area (Å²) in [6.07, 6.45) is 1.79. The third-order valence-corrected chi connectivity index (χ3v) is 7.49. The topological polar surface area (TPSA) is 79.1 Å². The second-order valence-electron chi connectivity index (χ2n) is 8.13. The number of carbonyl (C=O) groups excluding carboxylic acids is 1. The van der Waals surface area contributed by atoms with Crippen LogP contribution in [0.1, 0.15) is 24.1 Å². The quantitative estimate of drug-likeness (QED) is 0.204. The molecule has 0 radical (unpaired) electrons. The van der Waals surface area contributed by atoms with Crippen LogP contribution in [0.4, 0.5) is 13.2 Å². The third kappa shape index (κ3) is 5.91. The number of allylic oxidation sites excluding steroid dienone is 1. The van der Waals surface area contributed by atoms with E-state index in [2.05, 4.69) is 33.5 Å². The van der Waals surface area contributed by atoms with Crippen molar-refractivity contribution in [3.8, 4) is 23.8 Å². The maximum absolute atomic E-state index is 14.3. The molecule has 0 fully saturated rings. The molecule has 0 aliphatic carbocycles. The molecule has 0 unspecified atom stereocenters. The molecule has 13 heteroatoms. The molecule has 4 rings (SSSR count). The van der Waals surface area contributed by atoms with Crippen LogP contribution in [0.5, 0.6) is 11.5 Å². The van der Waals surface area contributed by atoms with Gasteiger partial charge in [-0.05, 0) is 65.4 Å². The number of methoxy groups -OCH3 is 1. The first-order chi connectivity index (χ1) is 19.0. The van der Waals surface area contributed by atoms with Gasteiger partial charge in [-0.15, -0.1) is 6.42 Å². The van der Waals surface area contributed by atoms with E-state index < -0.39 is 35.0 Å². The van der Waals surface area contributed by atoms with E-state index in [-0.39, 0.29) is 33.9 Å². The summed E-state index contributed by atoms with van der Waals surface area (Å²) < 4.78 is 60.7. The Balaban J connectivity index is 2.06. The standard InChI is InChI=1S/C27H19ClF3IN2O5S/c1-4-10-39-22-15(11-17(32)13-18(22)37-3)12-19-24(35)34-21(14-6-8-16(28)9-7-14)20(25(36)38-5-2)23(27(29,30)31)33-26(34)40-19/h1,6-9,11-13,21H,5,10H2,2-3H3/b19-12-/t21-/m1/s1. The fourth-order valence-electron chi connectivity index (χ4n) is 4.06. The van der Waals surface area contributed by atoms with Crippen LogP contribution in [0.3, 0.4) is 0 Å². The number of thiazole rings is 1. The van der Waals surface area contributed by atoms with Crippen molar-refractivity contribution < 1.29 is 32.2 Å². The third-order valence-electron chi connectivity index (χ3n) is 5.64. The van der Waals surface area contributed by atoms with E-state index in [0.717, 1.165) is 19.5 Å². The van der Waals surface area contributed by atoms with Crippen LogP contribution in [-0.4, -0.2) is 37.0 Å². The summed E-state index contributed by atoms with van der Waals surface area (Å²) in [6.45, 7) is 1.20. The molecule has 3 aromatic rings. The van der Waals surface area contributed by atoms with Gasteiger partial charge in [0.15, 0.2) is 22.0 Å². The number of ether oxygens (including phenoxy) is 3. The zero-order chi connectivity index (χ0) is 29.2. The number of halogens is 5. The molecule has 2 heterocycles. The first kappa shape index (κ1) is 29.7. The molecule has 0 bridgehead atoms. The van der Waals surface area contributed by atoms with E-state index in [4.69, 9.17) is 32.2 Å². The van der Waals surface area contributed by atoms with E-state index in [1.165, 1.54) is 44.4 Å². The van der Waals surface area contributed by atoms with Gasteiger partial charge in [0.25, 0.3) is 5.56 Å². The van der Waals surface area contributed by atoms with Crippen molar-refractivity contribution >= 4 is 57.6 Å². The van der Waals surface area contributed by atoms with Gasteiger partial charge < -0.3 is 14.2 Å². The number of nitrogens with zero attached hydrogens (tertiary/aromatic N) is 2. The Hall–Kier alpha value is -3.28. The van der Waals surface area contributed by atoms with Crippen molar-refractivity contribution in [1.82, 2.24) is 4.57 Å². The van der Waals surface area contributed by atoms with E-state index in [1.807, 2.05) is 0 Å². The number of fused-ring (bicyclic) bond motifs is 1. The Morgan fingerprint density at radius 3 is 2.60 bits per heavy atom. The number of hydrogen-bond donors (Lipinski definition) is 0. The number of rotatable bonds is 7. The minimum absolute atomic E-state index is 0.0407. The average molecular weight is 703 g/mol. The minimum Gasteiger partial charge on any atom is -0.493 e. The zero-order valence-electron chi connectivity index (χ0n) is 20.8. The van der Waals surface area contributed by atoms with Crippen LogP contribution in [0.25, 0.3) is 6.08 Å². The van der Waals surface area contributed by atoms with Crippen LogP contribution in [-0.2, 0) is 9.53 Å². The molecular weight excluding hydrogens is 684 g/mol. The van der Waals surface area contributed by atoms with E-state index in [9.17, 15) is 22.8 Å². The predicted octanol–water partition coefficient (Wildman–Crippen LogP) is 4.62. The smallest absolute Gasteiger partial charge is 0.434 e. The molecular formula is C27H19ClF3IN2O5S. The largest absolute Gasteiger partial charge is 0.493 e. The molecule has 0 saturated heterocycles. The van der Waals surface area contributed by atoms with Crippen molar-refractivity contribution in [3.63, 3.8) is 0 Å². The Labute approximate surface area is 248 Å². The molecule has 1 aromatic heterocycles. The second kappa shape index (κ2) is 12.1. The van der Waals surface area contributed by atoms with Crippen LogP contribution >= 0.6 is 45.5 Å². The zero-order valence-corrected chi connectivity index (χ0v) is 24.6. The highest BCUT2D eigenvalue weighted by molar-refractivity contribution is 14.1. The number of carbonyl (C=O) groups is 1. The molecule has 7 nitrogen and oxygen atoms in total. The van der Waals surface area contributed by atoms with Crippen LogP contribution in [0, 0.1) is 15.9 Å². The van der Waals surface area contributed by atoms with Crippen molar-refractivity contribution in [1.29, 1.82) is 0 Å². The summed E-state index contributed by atoms with van der Waals surface area (Å²) in [5, 5.41) is 0.320. The van der Waals surface area contributed by atoms with Crippen molar-refractivity contribution in [2.24, 2.45) is 4.99 Å². The predicted molar refractivity (Wildman–Crippen MR) is 152 cm³/mol. The molecule has 208 valence electrons. The highest BCUT2D eigenvalue weighted by Gasteiger charge is 2.45. The van der Waals surface area contributed by atoms with Crippen LogP contribution in [0.2, 0.25) is 5.02 Å². The summed E-state index contributed by atoms with van der Waals surface area (Å²) in [7, 11) is 1.44. The first-order valence-electron chi connectivity index (χ1n) is 11.5. The number of benzene rings is 2. The molecule has 0 saturated carbocycles. The number of terminal acetylenes is 1. The molecule has 40 heavy (non-hydrogen) atoms. The SMILES string of the molecule is C#CCOc1c(/C=c2\sc3n(c2=O)[C@H](c2ccc(Cl)cc2)C(C(=O)OCC)=C(C(F)(F)F)N=3)cc(I)cc1OC. The minimum atomic E-state index is -5.01. The summed E-state index contributed by atoms with van der Waals surface area (Å²) in [5.74, 6) is 1.73. The lowest BCUT2D eigenvalue weighted by atomic mass is 9.95. The maximum Gasteiger partial charge on any atom is 0.434 e. The normalized spacial score (nSPS) is 15.2. The second-order valence-corrected chi connectivity index (χ2v) is 10.8. The fourth-order valence-corrected chi connectivity index (χ4v) is 5.79. The first-order valence-corrected chi connectivity index (χ1v) is 13.8. The summed E-state index contributed by atoms with van der Waals surface area (Å²) in [6, 6.07) is 7.72. The Morgan fingerprint density at radius 2 is 2.00 bits per heavy atom. The fraction of sp³-hybridized carbons (Fsp3) is 0.222. The Morgan fingerprint density at radius 1 is 1.30 bits per heavy atom. The lowest BCUT2D eigenvalue weighted by Crippen LogP contribution is -2.41. The lowest BCUT2D eigenvalue weighted by molar-refractivity contribution is -0.140. The number of hydrogen-bond acceptors (Lipinski definition) is 7. The number of aromatic nitrogens is 1. The summed E-state index contributed by atoms with van der Waals surface area (Å²) >= 11 is 8.79. The van der Waals surface area contributed by atoms with E-state index in [1.54, 1.807) is 12.1 Å². The Kier molecular flexibility index (Phi) is 8.96. The summed E-state index contributed by atoms with van der Waals surface area (Å²) in [4.78, 5) is 30.3. The van der Waals surface area contributed by atoms with Gasteiger partial charge in [0.1, 0.15) is 6.61 Å². The van der Waals surface area contributed by atoms with E-state index in [0.29, 0.717) is 16.3 Å². The molecule has 2 aromatic carbocycles. The van der Waals surface area contributed by atoms with Gasteiger partial charge in [-0.1, -0.05) is 41.0 Å². The van der Waals surface area contributed by atoms with Gasteiger partial charge >= 0.3 is 12.1 Å². The molecule has 1 atom stereocenters. The van der Waals surface area contributed by atoms with E-state index >= 15 is 0 Å². The monoisotopic (exact) mass is 702 g/mol. The highest BCUT2D eigenvalue weighted by atomic mass is 127. The van der Waals surface area contributed by atoms with Gasteiger partial charge in [0, 0.05) is 14.2 Å². The van der Waals surface area contributed by atoms with Gasteiger partial charge in [0.05, 0.1) is 29.9 Å². The lowest BCUT2D eigenvalue weighted by Gasteiger charge is -2.26.